The number of carbonyl (C=O) groups is 1. The molecule has 0 saturated carbocycles. The van der Waals surface area contributed by atoms with E-state index in [4.69, 9.17) is 15.2 Å². The van der Waals surface area contributed by atoms with Crippen LogP contribution in [0, 0.1) is 5.92 Å². The van der Waals surface area contributed by atoms with E-state index in [1.165, 1.54) is 0 Å². The number of piperidine rings is 1. The maximum absolute atomic E-state index is 12.2. The van der Waals surface area contributed by atoms with E-state index in [0.717, 1.165) is 31.6 Å². The van der Waals surface area contributed by atoms with Crippen molar-refractivity contribution in [3.8, 4) is 11.5 Å². The summed E-state index contributed by atoms with van der Waals surface area (Å²) in [5.74, 6) is 1.86. The highest BCUT2D eigenvalue weighted by atomic mass is 16.7. The fourth-order valence-corrected chi connectivity index (χ4v) is 3.04. The highest BCUT2D eigenvalue weighted by Gasteiger charge is 2.24. The van der Waals surface area contributed by atoms with Crippen molar-refractivity contribution < 1.29 is 14.3 Å². The Labute approximate surface area is 130 Å². The number of carbonyl (C=O) groups excluding carboxylic acids is 1. The van der Waals surface area contributed by atoms with Crippen LogP contribution in [0.15, 0.2) is 18.2 Å². The highest BCUT2D eigenvalue weighted by molar-refractivity contribution is 5.92. The third kappa shape index (κ3) is 3.51. The van der Waals surface area contributed by atoms with Crippen molar-refractivity contribution in [1.82, 2.24) is 4.90 Å². The molecular formula is C16H23N3O3. The maximum Gasteiger partial charge on any atom is 0.238 e. The summed E-state index contributed by atoms with van der Waals surface area (Å²) in [6.07, 6.45) is 2.25. The van der Waals surface area contributed by atoms with Gasteiger partial charge in [0.1, 0.15) is 0 Å². The lowest BCUT2D eigenvalue weighted by Gasteiger charge is -2.34. The van der Waals surface area contributed by atoms with Gasteiger partial charge in [0.15, 0.2) is 11.5 Å². The Morgan fingerprint density at radius 1 is 1.45 bits per heavy atom. The molecule has 2 aliphatic heterocycles. The second-order valence-electron chi connectivity index (χ2n) is 6.11. The van der Waals surface area contributed by atoms with Crippen LogP contribution in [0.1, 0.15) is 19.8 Å². The van der Waals surface area contributed by atoms with Gasteiger partial charge in [0.25, 0.3) is 0 Å². The number of rotatable bonds is 4. The van der Waals surface area contributed by atoms with E-state index in [9.17, 15) is 4.79 Å². The van der Waals surface area contributed by atoms with E-state index in [-0.39, 0.29) is 18.7 Å². The molecule has 2 heterocycles. The number of nitrogens with two attached hydrogens (primary N) is 1. The van der Waals surface area contributed by atoms with Crippen molar-refractivity contribution >= 4 is 11.6 Å². The molecule has 0 spiro atoms. The SMILES string of the molecule is CC(N)C1CCCN(CC(=O)Nc2ccc3c(c2)OCO3)C1. The first-order valence-electron chi connectivity index (χ1n) is 7.79. The Kier molecular flexibility index (Phi) is 4.49. The number of benzene rings is 1. The van der Waals surface area contributed by atoms with E-state index in [1.54, 1.807) is 6.07 Å². The number of nitrogens with one attached hydrogen (secondary N) is 1. The molecule has 2 atom stereocenters. The van der Waals surface area contributed by atoms with Crippen molar-refractivity contribution in [3.63, 3.8) is 0 Å². The molecule has 1 aromatic carbocycles. The van der Waals surface area contributed by atoms with Gasteiger partial charge in [0.2, 0.25) is 12.7 Å². The second kappa shape index (κ2) is 6.54. The third-order valence-electron chi connectivity index (χ3n) is 4.31. The molecule has 0 radical (unpaired) electrons. The summed E-state index contributed by atoms with van der Waals surface area (Å²) in [6, 6.07) is 5.61. The molecule has 1 saturated heterocycles. The van der Waals surface area contributed by atoms with Crippen molar-refractivity contribution in [3.05, 3.63) is 18.2 Å². The summed E-state index contributed by atoms with van der Waals surface area (Å²) in [7, 11) is 0. The lowest BCUT2D eigenvalue weighted by molar-refractivity contribution is -0.117. The molecular weight excluding hydrogens is 282 g/mol. The van der Waals surface area contributed by atoms with Gasteiger partial charge in [0.05, 0.1) is 6.54 Å². The Hall–Kier alpha value is -1.79. The smallest absolute Gasteiger partial charge is 0.238 e. The van der Waals surface area contributed by atoms with Crippen LogP contribution in [0.4, 0.5) is 5.69 Å². The molecule has 2 unspecified atom stereocenters. The number of nitrogens with zero attached hydrogens (tertiary/aromatic N) is 1. The van der Waals surface area contributed by atoms with E-state index < -0.39 is 0 Å². The van der Waals surface area contributed by atoms with Crippen molar-refractivity contribution in [2.24, 2.45) is 11.7 Å². The summed E-state index contributed by atoms with van der Waals surface area (Å²) >= 11 is 0. The summed E-state index contributed by atoms with van der Waals surface area (Å²) in [5.41, 5.74) is 6.71. The average Bonchev–Trinajstić information content (AvgIpc) is 2.95. The zero-order valence-electron chi connectivity index (χ0n) is 12.9. The van der Waals surface area contributed by atoms with E-state index in [1.807, 2.05) is 19.1 Å². The molecule has 1 fully saturated rings. The monoisotopic (exact) mass is 305 g/mol. The zero-order valence-corrected chi connectivity index (χ0v) is 12.9. The summed E-state index contributed by atoms with van der Waals surface area (Å²) in [5, 5.41) is 2.92. The molecule has 1 aromatic rings. The fourth-order valence-electron chi connectivity index (χ4n) is 3.04. The normalized spacial score (nSPS) is 22.4. The van der Waals surface area contributed by atoms with Gasteiger partial charge in [-0.25, -0.2) is 0 Å². The maximum atomic E-state index is 12.2. The van der Waals surface area contributed by atoms with Crippen molar-refractivity contribution in [2.75, 3.05) is 31.7 Å². The summed E-state index contributed by atoms with van der Waals surface area (Å²) in [4.78, 5) is 14.4. The number of ether oxygens (including phenoxy) is 2. The predicted molar refractivity (Wildman–Crippen MR) is 84.0 cm³/mol. The highest BCUT2D eigenvalue weighted by Crippen LogP contribution is 2.34. The van der Waals surface area contributed by atoms with Crippen molar-refractivity contribution in [2.45, 2.75) is 25.8 Å². The molecule has 3 rings (SSSR count). The third-order valence-corrected chi connectivity index (χ3v) is 4.31. The summed E-state index contributed by atoms with van der Waals surface area (Å²) in [6.45, 7) is 4.53. The fraction of sp³-hybridized carbons (Fsp3) is 0.562. The van der Waals surface area contributed by atoms with Gasteiger partial charge in [-0.05, 0) is 44.4 Å². The second-order valence-corrected chi connectivity index (χ2v) is 6.11. The van der Waals surface area contributed by atoms with E-state index in [2.05, 4.69) is 10.2 Å². The van der Waals surface area contributed by atoms with Crippen LogP contribution in [-0.2, 0) is 4.79 Å². The van der Waals surface area contributed by atoms with Gasteiger partial charge in [-0.3, -0.25) is 9.69 Å². The lowest BCUT2D eigenvalue weighted by Crippen LogP contribution is -2.45. The minimum atomic E-state index is -0.0100. The number of hydrogen-bond acceptors (Lipinski definition) is 5. The number of anilines is 1. The van der Waals surface area contributed by atoms with Crippen molar-refractivity contribution in [1.29, 1.82) is 0 Å². The van der Waals surface area contributed by atoms with Gasteiger partial charge in [-0.2, -0.15) is 0 Å². The molecule has 6 nitrogen and oxygen atoms in total. The lowest BCUT2D eigenvalue weighted by atomic mass is 9.92. The van der Waals surface area contributed by atoms with Gasteiger partial charge < -0.3 is 20.5 Å². The molecule has 3 N–H and O–H groups in total. The Morgan fingerprint density at radius 2 is 2.27 bits per heavy atom. The van der Waals surface area contributed by atoms with Crippen LogP contribution in [0.5, 0.6) is 11.5 Å². The zero-order chi connectivity index (χ0) is 15.5. The first kappa shape index (κ1) is 15.1. The largest absolute Gasteiger partial charge is 0.454 e. The standard InChI is InChI=1S/C16H23N3O3/c1-11(17)12-3-2-6-19(8-12)9-16(20)18-13-4-5-14-15(7-13)22-10-21-14/h4-5,7,11-12H,2-3,6,8-10,17H2,1H3,(H,18,20). The number of amides is 1. The molecule has 6 heteroatoms. The van der Waals surface area contributed by atoms with E-state index >= 15 is 0 Å². The first-order valence-corrected chi connectivity index (χ1v) is 7.79. The minimum Gasteiger partial charge on any atom is -0.454 e. The predicted octanol–water partition coefficient (Wildman–Crippen LogP) is 1.41. The molecule has 2 aliphatic rings. The Bertz CT molecular complexity index is 547. The molecule has 1 amide bonds. The van der Waals surface area contributed by atoms with Gasteiger partial charge in [0, 0.05) is 24.3 Å². The van der Waals surface area contributed by atoms with Crippen LogP contribution in [0.3, 0.4) is 0 Å². The van der Waals surface area contributed by atoms with Gasteiger partial charge in [-0.15, -0.1) is 0 Å². The van der Waals surface area contributed by atoms with E-state index in [0.29, 0.717) is 24.0 Å². The van der Waals surface area contributed by atoms with Gasteiger partial charge >= 0.3 is 0 Å². The number of fused-ring (bicyclic) bond motifs is 1. The van der Waals surface area contributed by atoms with Crippen LogP contribution in [-0.4, -0.2) is 43.3 Å². The molecule has 22 heavy (non-hydrogen) atoms. The number of hydrogen-bond donors (Lipinski definition) is 2. The first-order chi connectivity index (χ1) is 10.6. The topological polar surface area (TPSA) is 76.8 Å². The molecule has 120 valence electrons. The molecule has 0 aromatic heterocycles. The minimum absolute atomic E-state index is 0.0100. The quantitative estimate of drug-likeness (QED) is 0.879. The van der Waals surface area contributed by atoms with Crippen LogP contribution >= 0.6 is 0 Å². The number of likely N-dealkylation sites (tertiary alicyclic amines) is 1. The van der Waals surface area contributed by atoms with Crippen LogP contribution in [0.2, 0.25) is 0 Å². The molecule has 0 bridgehead atoms. The average molecular weight is 305 g/mol. The van der Waals surface area contributed by atoms with Crippen LogP contribution in [0.25, 0.3) is 0 Å². The Balaban J connectivity index is 1.54. The molecule has 0 aliphatic carbocycles. The Morgan fingerprint density at radius 3 is 3.09 bits per heavy atom. The summed E-state index contributed by atoms with van der Waals surface area (Å²) < 4.78 is 10.6. The van der Waals surface area contributed by atoms with Gasteiger partial charge in [-0.1, -0.05) is 0 Å². The van der Waals surface area contributed by atoms with Crippen LogP contribution < -0.4 is 20.5 Å².